The predicted molar refractivity (Wildman–Crippen MR) is 503 cm³/mol. The number of nitro benzene ring substituents is 5. The number of hydrogen-bond donors (Lipinski definition) is 6. The van der Waals surface area contributed by atoms with Gasteiger partial charge in [-0.05, 0) is 168 Å². The number of nitrogens with one attached hydrogen (secondary N) is 2. The molecule has 3 unspecified atom stereocenters. The van der Waals surface area contributed by atoms with Crippen molar-refractivity contribution in [2.24, 2.45) is 0 Å². The molecule has 5 aromatic heterocycles. The number of benzene rings is 7. The van der Waals surface area contributed by atoms with Gasteiger partial charge in [-0.15, -0.1) is 6.58 Å². The van der Waals surface area contributed by atoms with E-state index in [0.29, 0.717) is 76.5 Å². The van der Waals surface area contributed by atoms with Gasteiger partial charge in [0.2, 0.25) is 35.2 Å². The second kappa shape index (κ2) is 61.2. The van der Waals surface area contributed by atoms with E-state index in [0.717, 1.165) is 28.6 Å². The Labute approximate surface area is 775 Å². The fraction of sp³-hybridized carbons (Fsp3) is 0.322. The van der Waals surface area contributed by atoms with Crippen LogP contribution in [-0.2, 0) is 23.7 Å². The van der Waals surface area contributed by atoms with Crippen molar-refractivity contribution in [1.82, 2.24) is 54.6 Å². The number of alkyl halides is 1. The summed E-state index contributed by atoms with van der Waals surface area (Å²) in [6, 6.07) is 42.7. The number of Topliss-reactive ketones (excluding diaryl/α,β-unsaturated/α-hetero) is 2. The number of nitrogens with zero attached hydrogens (tertiary/aromatic N) is 14. The Hall–Kier alpha value is -15.5. The minimum absolute atomic E-state index is 0.0185. The molecule has 5 heterocycles. The van der Waals surface area contributed by atoms with Crippen molar-refractivity contribution in [3.63, 3.8) is 0 Å². The fourth-order valence-corrected chi connectivity index (χ4v) is 11.7. The van der Waals surface area contributed by atoms with Gasteiger partial charge >= 0.3 is 28.4 Å². The lowest BCUT2D eigenvalue weighted by Crippen LogP contribution is -2.30. The molecule has 0 bridgehead atoms. The van der Waals surface area contributed by atoms with Crippen LogP contribution in [0.25, 0.3) is 56.3 Å². The van der Waals surface area contributed by atoms with Gasteiger partial charge in [0.15, 0.2) is 23.1 Å². The molecule has 3 atom stereocenters. The summed E-state index contributed by atoms with van der Waals surface area (Å²) in [5, 5.41) is 96.9. The lowest BCUT2D eigenvalue weighted by atomic mass is 10.1. The number of nitrogen functional groups attached to an aromatic ring is 2. The Bertz CT molecular complexity index is 5360. The molecule has 0 aliphatic carbocycles. The Morgan fingerprint density at radius 3 is 0.985 bits per heavy atom. The van der Waals surface area contributed by atoms with Crippen molar-refractivity contribution in [2.45, 2.75) is 94.3 Å². The molecule has 12 aromatic rings. The number of aromatic hydroxyl groups is 1. The zero-order valence-corrected chi connectivity index (χ0v) is 78.1. The first kappa shape index (κ1) is 113. The second-order valence-electron chi connectivity index (χ2n) is 26.5. The number of aromatic nitrogens is 10. The van der Waals surface area contributed by atoms with Gasteiger partial charge in [0, 0.05) is 124 Å². The zero-order valence-electron chi connectivity index (χ0n) is 79.1. The summed E-state index contributed by atoms with van der Waals surface area (Å²) in [6.07, 6.45) is 9.85. The number of phenolic OH excluding ortho intramolecular Hbond substituents is 1. The van der Waals surface area contributed by atoms with E-state index in [2.05, 4.69) is 42.3 Å². The van der Waals surface area contributed by atoms with E-state index in [-0.39, 0.29) is 94.4 Å². The molecule has 0 amide bonds. The number of halogens is 1. The number of aromatic amines is 2. The fourth-order valence-electron chi connectivity index (χ4n) is 11.7. The molecule has 0 spiro atoms. The molecule has 0 saturated heterocycles. The summed E-state index contributed by atoms with van der Waals surface area (Å²) in [7, 11) is 14.7. The summed E-state index contributed by atoms with van der Waals surface area (Å²) in [6.45, 7) is 23.2. The van der Waals surface area contributed by atoms with Crippen LogP contribution in [0.15, 0.2) is 201 Å². The van der Waals surface area contributed by atoms with Gasteiger partial charge in [0.1, 0.15) is 18.7 Å². The number of anilines is 2. The number of aliphatic hydroxyl groups excluding tert-OH is 1. The molecule has 0 radical (unpaired) electrons. The molecule has 0 aliphatic heterocycles. The third-order valence-electron chi connectivity index (χ3n) is 17.5. The van der Waals surface area contributed by atoms with Crippen molar-refractivity contribution in [3.05, 3.63) is 263 Å². The van der Waals surface area contributed by atoms with E-state index in [1.165, 1.54) is 90.8 Å². The first-order valence-corrected chi connectivity index (χ1v) is 40.3. The summed E-state index contributed by atoms with van der Waals surface area (Å²) in [5.74, 6) is 0.760. The highest BCUT2D eigenvalue weighted by Gasteiger charge is 2.26. The van der Waals surface area contributed by atoms with Crippen molar-refractivity contribution in [3.8, 4) is 96.5 Å². The van der Waals surface area contributed by atoms with Gasteiger partial charge in [0.05, 0.1) is 132 Å². The van der Waals surface area contributed by atoms with E-state index >= 15 is 0 Å². The molecular formula is C90H117FN18O25. The zero-order chi connectivity index (χ0) is 102. The number of carbonyl (C=O) groups excluding carboxylic acids is 2. The van der Waals surface area contributed by atoms with Crippen LogP contribution in [0.5, 0.6) is 40.2 Å². The minimum Gasteiger partial charge on any atom is -0.502 e. The molecule has 0 saturated carbocycles. The molecule has 8 N–H and O–H groups in total. The number of methoxy groups -OCH3 is 8. The van der Waals surface area contributed by atoms with Crippen LogP contribution in [0.2, 0.25) is 0 Å². The number of H-pyrrole nitrogens is 2. The van der Waals surface area contributed by atoms with Crippen LogP contribution in [0.3, 0.4) is 0 Å². The Balaban J connectivity index is 0.000000520. The first-order valence-electron chi connectivity index (χ1n) is 41.0. The number of rotatable bonds is 30. The summed E-state index contributed by atoms with van der Waals surface area (Å²) in [5.41, 5.74) is 19.5. The van der Waals surface area contributed by atoms with Crippen molar-refractivity contribution in [2.75, 3.05) is 116 Å². The average Bonchev–Trinajstić information content (AvgIpc) is 1.61. The van der Waals surface area contributed by atoms with E-state index in [9.17, 15) is 69.7 Å². The molecule has 7 aromatic carbocycles. The van der Waals surface area contributed by atoms with Crippen molar-refractivity contribution in [1.29, 1.82) is 0 Å². The highest BCUT2D eigenvalue weighted by atomic mass is 19.1. The lowest BCUT2D eigenvalue weighted by molar-refractivity contribution is -0.386. The largest absolute Gasteiger partial charge is 0.502 e. The number of nitro groups is 5. The molecule has 0 aliphatic rings. The highest BCUT2D eigenvalue weighted by Crippen LogP contribution is 2.41. The topological polar surface area (TPSA) is 558 Å². The molecular weight excluding hydrogens is 1750 g/mol. The number of ketones is 2. The van der Waals surface area contributed by atoms with E-state index < -0.39 is 49.0 Å². The molecule has 134 heavy (non-hydrogen) atoms. The summed E-state index contributed by atoms with van der Waals surface area (Å²) >= 11 is 0. The van der Waals surface area contributed by atoms with Crippen LogP contribution >= 0.6 is 0 Å². The van der Waals surface area contributed by atoms with Crippen LogP contribution in [0.1, 0.15) is 110 Å². The molecule has 12 rings (SSSR count). The van der Waals surface area contributed by atoms with Crippen LogP contribution < -0.4 is 39.9 Å². The number of allylic oxidation sites excluding steroid dienone is 1. The summed E-state index contributed by atoms with van der Waals surface area (Å²) in [4.78, 5) is 74.6. The van der Waals surface area contributed by atoms with E-state index in [1.807, 2.05) is 128 Å². The van der Waals surface area contributed by atoms with Crippen molar-refractivity contribution < 1.29 is 102 Å². The maximum atomic E-state index is 11.1. The number of phenols is 1. The number of ether oxygens (including phenoxy) is 11. The van der Waals surface area contributed by atoms with Gasteiger partial charge in [0.25, 0.3) is 0 Å². The predicted octanol–water partition coefficient (Wildman–Crippen LogP) is 17.6. The van der Waals surface area contributed by atoms with E-state index in [1.54, 1.807) is 129 Å². The van der Waals surface area contributed by atoms with Gasteiger partial charge in [-0.3, -0.25) is 79.6 Å². The Morgan fingerprint density at radius 1 is 0.470 bits per heavy atom. The maximum Gasteiger partial charge on any atom is 0.311 e. The smallest absolute Gasteiger partial charge is 0.311 e. The number of carbonyl (C=O) groups is 2. The lowest BCUT2D eigenvalue weighted by Gasteiger charge is -2.19. The minimum atomic E-state index is -1.00. The molecule has 0 fully saturated rings. The Kier molecular flexibility index (Phi) is 51.4. The van der Waals surface area contributed by atoms with Gasteiger partial charge in [-0.1, -0.05) is 48.5 Å². The van der Waals surface area contributed by atoms with Gasteiger partial charge < -0.3 is 73.8 Å². The molecule has 44 heteroatoms. The average molecular weight is 1870 g/mol. The molecule has 43 nitrogen and oxygen atoms in total. The maximum absolute atomic E-state index is 11.1. The van der Waals surface area contributed by atoms with E-state index in [4.69, 9.17) is 70.1 Å². The van der Waals surface area contributed by atoms with Crippen LogP contribution in [0.4, 0.5) is 44.2 Å². The van der Waals surface area contributed by atoms with Gasteiger partial charge in [-0.2, -0.15) is 25.5 Å². The normalized spacial score (nSPS) is 10.8. The highest BCUT2D eigenvalue weighted by molar-refractivity contribution is 5.98. The van der Waals surface area contributed by atoms with Crippen LogP contribution in [0, 0.1) is 50.6 Å². The third-order valence-corrected chi connectivity index (χ3v) is 17.5. The second-order valence-corrected chi connectivity index (χ2v) is 26.5. The number of hydrogen-bond acceptors (Lipinski definition) is 33. The Morgan fingerprint density at radius 2 is 0.731 bits per heavy atom. The van der Waals surface area contributed by atoms with Crippen molar-refractivity contribution >= 4 is 51.4 Å². The summed E-state index contributed by atoms with van der Waals surface area (Å²) < 4.78 is 77.8. The third kappa shape index (κ3) is 34.4. The monoisotopic (exact) mass is 1870 g/mol. The number of aliphatic hydroxyl groups is 1. The standard InChI is InChI=1S/C14H17N3O4.2C14H19N3O2.2C10H9N3O3.C9H9NO4.C8H7NO4.C5H13NO2.C3H6.C2H6O.CH3F/c1-4-21-10(2)16-9-8-12(15-16)11-6-5-7-13(17(18)19)14(11)20-3;2*1-4-19-10(2)17-9-8-13(16-17)11-6-5-7-12(15)14(11)18-3;2*1-16-10-7(8-5-6-11-12-8)3-2-4-9(10)13(14)15;1-6(11)7-4-3-5-8(10(12)13)9(7)14-2;1-5(10)6-3-2-4-7(8(6)11)9(12)13;1-6(2)5(7-3)8-4;1-3-2;1-2-3;1-2/h5-10H,4H2,1-3H3;2*5-10H,4,15H2,1-3H3;2*2-6H,1H3,(H,11,12);3-5H,1-2H3;2-4,11H,1H3;5H,1-4H3;3H,1H2,2H3;3H,2H2,1H3;1H3/i;;;;;;;;;;1D. The SMILES string of the molecule is C=CC.CC(=O)c1cccc([N+](=O)[O-])c1O.CCO.CCOC(C)n1ccc(-c2cccc(N)c2OC)n1.CCOC(C)n1ccc(-c2cccc(N)c2OC)n1.CCOC(C)n1ccc(-c2cccc([N+](=O)[O-])c2OC)n1.COC(OC)N(C)C.COc1c(-c2ccn[nH]2)cccc1[N+](=O)[O-].COc1c(-c2ccn[nH]2)cccc1[N+](=O)[O-].COc1c(C(C)=O)cccc1[N+](=O)[O-].[2H]CF. The number of nitrogens with two attached hydrogens (primary N) is 2. The first-order chi connectivity index (χ1) is 64.5. The van der Waals surface area contributed by atoms with Crippen LogP contribution in [-0.4, -0.2) is 212 Å². The van der Waals surface area contributed by atoms with Gasteiger partial charge in [-0.25, -0.2) is 14.0 Å². The quantitative estimate of drug-likeness (QED) is 0.00608. The molecule has 724 valence electrons. The number of para-hydroxylation sites is 7.